The van der Waals surface area contributed by atoms with Crippen molar-refractivity contribution in [1.29, 1.82) is 0 Å². The van der Waals surface area contributed by atoms with E-state index in [1.807, 2.05) is 37.0 Å². The number of nitrogens with two attached hydrogens (primary N) is 1. The van der Waals surface area contributed by atoms with Gasteiger partial charge in [0, 0.05) is 40.3 Å². The topological polar surface area (TPSA) is 58.3 Å². The maximum absolute atomic E-state index is 5.47. The van der Waals surface area contributed by atoms with Crippen molar-refractivity contribution in [2.45, 2.75) is 0 Å². The first-order valence-corrected chi connectivity index (χ1v) is 4.55. The highest BCUT2D eigenvalue weighted by atomic mass is 15.2. The lowest BCUT2D eigenvalue weighted by Gasteiger charge is -2.18. The first-order chi connectivity index (χ1) is 6.65. The molecule has 0 unspecified atom stereocenters. The Hall–Kier alpha value is -1.36. The summed E-state index contributed by atoms with van der Waals surface area (Å²) >= 11 is 0. The fraction of sp³-hybridized carbons (Fsp3) is 0.556. The number of hydrogen-bond acceptors (Lipinski definition) is 5. The molecule has 78 valence electrons. The van der Waals surface area contributed by atoms with E-state index in [1.54, 1.807) is 6.33 Å². The van der Waals surface area contributed by atoms with E-state index in [-0.39, 0.29) is 0 Å². The van der Waals surface area contributed by atoms with Crippen LogP contribution in [0.25, 0.3) is 0 Å². The van der Waals surface area contributed by atoms with Crippen LogP contribution in [-0.2, 0) is 0 Å². The SMILES string of the molecule is CN(C)c1cc(N(C)CCN)ncn1. The Kier molecular flexibility index (Phi) is 3.64. The van der Waals surface area contributed by atoms with Crippen LogP contribution < -0.4 is 15.5 Å². The van der Waals surface area contributed by atoms with Crippen LogP contribution in [0.3, 0.4) is 0 Å². The van der Waals surface area contributed by atoms with Crippen molar-refractivity contribution in [3.8, 4) is 0 Å². The molecule has 0 saturated carbocycles. The van der Waals surface area contributed by atoms with E-state index in [2.05, 4.69) is 9.97 Å². The van der Waals surface area contributed by atoms with Crippen LogP contribution in [0.1, 0.15) is 0 Å². The molecule has 0 radical (unpaired) electrons. The molecule has 0 amide bonds. The van der Waals surface area contributed by atoms with Crippen molar-refractivity contribution in [1.82, 2.24) is 9.97 Å². The van der Waals surface area contributed by atoms with Crippen molar-refractivity contribution in [3.05, 3.63) is 12.4 Å². The van der Waals surface area contributed by atoms with E-state index in [0.29, 0.717) is 6.54 Å². The van der Waals surface area contributed by atoms with Gasteiger partial charge in [-0.05, 0) is 0 Å². The summed E-state index contributed by atoms with van der Waals surface area (Å²) in [6, 6.07) is 1.94. The van der Waals surface area contributed by atoms with Crippen LogP contribution in [0.5, 0.6) is 0 Å². The molecule has 0 aromatic carbocycles. The summed E-state index contributed by atoms with van der Waals surface area (Å²) in [4.78, 5) is 12.3. The van der Waals surface area contributed by atoms with E-state index in [4.69, 9.17) is 5.73 Å². The predicted octanol–water partition coefficient (Wildman–Crippen LogP) is -0.0625. The van der Waals surface area contributed by atoms with Crippen molar-refractivity contribution >= 4 is 11.6 Å². The van der Waals surface area contributed by atoms with Crippen LogP contribution in [0, 0.1) is 0 Å². The highest BCUT2D eigenvalue weighted by Crippen LogP contribution is 2.13. The van der Waals surface area contributed by atoms with Gasteiger partial charge in [0.1, 0.15) is 18.0 Å². The van der Waals surface area contributed by atoms with Gasteiger partial charge in [0.15, 0.2) is 0 Å². The first kappa shape index (κ1) is 10.7. The van der Waals surface area contributed by atoms with Crippen molar-refractivity contribution in [2.75, 3.05) is 44.0 Å². The standard InChI is InChI=1S/C9H17N5/c1-13(2)8-6-9(12-7-11-8)14(3)5-4-10/h6-7H,4-5,10H2,1-3H3. The second-order valence-corrected chi connectivity index (χ2v) is 3.34. The summed E-state index contributed by atoms with van der Waals surface area (Å²) < 4.78 is 0. The Morgan fingerprint density at radius 1 is 1.21 bits per heavy atom. The average molecular weight is 195 g/mol. The molecule has 0 aliphatic rings. The van der Waals surface area contributed by atoms with Crippen molar-refractivity contribution < 1.29 is 0 Å². The highest BCUT2D eigenvalue weighted by molar-refractivity contribution is 5.48. The summed E-state index contributed by atoms with van der Waals surface area (Å²) in [5.41, 5.74) is 5.47. The molecule has 5 heteroatoms. The average Bonchev–Trinajstić information content (AvgIpc) is 2.18. The third-order valence-electron chi connectivity index (χ3n) is 1.95. The van der Waals surface area contributed by atoms with Gasteiger partial charge in [-0.1, -0.05) is 0 Å². The van der Waals surface area contributed by atoms with E-state index in [1.165, 1.54) is 0 Å². The normalized spacial score (nSPS) is 10.0. The van der Waals surface area contributed by atoms with Crippen molar-refractivity contribution in [3.63, 3.8) is 0 Å². The fourth-order valence-electron chi connectivity index (χ4n) is 1.10. The molecule has 1 aromatic rings. The second-order valence-electron chi connectivity index (χ2n) is 3.34. The molecule has 0 atom stereocenters. The number of hydrogen-bond donors (Lipinski definition) is 1. The lowest BCUT2D eigenvalue weighted by Crippen LogP contribution is -2.26. The summed E-state index contributed by atoms with van der Waals surface area (Å²) in [5.74, 6) is 1.80. The third kappa shape index (κ3) is 2.56. The Labute approximate surface area is 84.6 Å². The molecule has 0 aliphatic carbocycles. The molecule has 0 spiro atoms. The molecule has 2 N–H and O–H groups in total. The highest BCUT2D eigenvalue weighted by Gasteiger charge is 2.03. The molecule has 0 saturated heterocycles. The molecule has 0 fully saturated rings. The Bertz CT molecular complexity index is 286. The smallest absolute Gasteiger partial charge is 0.133 e. The van der Waals surface area contributed by atoms with E-state index < -0.39 is 0 Å². The van der Waals surface area contributed by atoms with Crippen LogP contribution in [-0.4, -0.2) is 44.2 Å². The second kappa shape index (κ2) is 4.76. The Morgan fingerprint density at radius 3 is 2.43 bits per heavy atom. The van der Waals surface area contributed by atoms with Gasteiger partial charge >= 0.3 is 0 Å². The summed E-state index contributed by atoms with van der Waals surface area (Å²) in [7, 11) is 5.87. The minimum atomic E-state index is 0.623. The Balaban J connectivity index is 2.82. The number of likely N-dealkylation sites (N-methyl/N-ethyl adjacent to an activating group) is 1. The molecule has 0 bridgehead atoms. The minimum Gasteiger partial charge on any atom is -0.363 e. The summed E-state index contributed by atoms with van der Waals surface area (Å²) in [6.07, 6.45) is 1.57. The lowest BCUT2D eigenvalue weighted by atomic mass is 10.4. The van der Waals surface area contributed by atoms with Crippen LogP contribution in [0.4, 0.5) is 11.6 Å². The van der Waals surface area contributed by atoms with E-state index in [0.717, 1.165) is 18.2 Å². The first-order valence-electron chi connectivity index (χ1n) is 4.55. The fourth-order valence-corrected chi connectivity index (χ4v) is 1.10. The zero-order valence-electron chi connectivity index (χ0n) is 8.94. The number of rotatable bonds is 4. The van der Waals surface area contributed by atoms with Crippen LogP contribution in [0.2, 0.25) is 0 Å². The molecule has 1 rings (SSSR count). The molecular weight excluding hydrogens is 178 g/mol. The largest absolute Gasteiger partial charge is 0.363 e. The quantitative estimate of drug-likeness (QED) is 0.729. The number of nitrogens with zero attached hydrogens (tertiary/aromatic N) is 4. The van der Waals surface area contributed by atoms with Gasteiger partial charge in [-0.2, -0.15) is 0 Å². The van der Waals surface area contributed by atoms with Gasteiger partial charge < -0.3 is 15.5 Å². The molecule has 1 aromatic heterocycles. The minimum absolute atomic E-state index is 0.623. The van der Waals surface area contributed by atoms with Gasteiger partial charge in [0.05, 0.1) is 0 Å². The molecule has 0 aliphatic heterocycles. The van der Waals surface area contributed by atoms with Gasteiger partial charge in [0.2, 0.25) is 0 Å². The van der Waals surface area contributed by atoms with Gasteiger partial charge in [0.25, 0.3) is 0 Å². The van der Waals surface area contributed by atoms with E-state index in [9.17, 15) is 0 Å². The van der Waals surface area contributed by atoms with Crippen LogP contribution in [0.15, 0.2) is 12.4 Å². The van der Waals surface area contributed by atoms with Crippen molar-refractivity contribution in [2.24, 2.45) is 5.73 Å². The third-order valence-corrected chi connectivity index (χ3v) is 1.95. The van der Waals surface area contributed by atoms with Gasteiger partial charge in [-0.15, -0.1) is 0 Å². The van der Waals surface area contributed by atoms with Gasteiger partial charge in [-0.3, -0.25) is 0 Å². The lowest BCUT2D eigenvalue weighted by molar-refractivity contribution is 0.861. The number of aromatic nitrogens is 2. The Morgan fingerprint density at radius 2 is 1.86 bits per heavy atom. The van der Waals surface area contributed by atoms with Gasteiger partial charge in [-0.25, -0.2) is 9.97 Å². The van der Waals surface area contributed by atoms with E-state index >= 15 is 0 Å². The molecule has 14 heavy (non-hydrogen) atoms. The molecule has 5 nitrogen and oxygen atoms in total. The predicted molar refractivity (Wildman–Crippen MR) is 58.7 cm³/mol. The van der Waals surface area contributed by atoms with Crippen LogP contribution >= 0.6 is 0 Å². The zero-order chi connectivity index (χ0) is 10.6. The molecular formula is C9H17N5. The zero-order valence-corrected chi connectivity index (χ0v) is 8.94. The number of anilines is 2. The maximum atomic E-state index is 5.47. The summed E-state index contributed by atoms with van der Waals surface area (Å²) in [6.45, 7) is 1.42. The monoisotopic (exact) mass is 195 g/mol. The summed E-state index contributed by atoms with van der Waals surface area (Å²) in [5, 5.41) is 0. The molecule has 1 heterocycles. The maximum Gasteiger partial charge on any atom is 0.133 e.